The van der Waals surface area contributed by atoms with E-state index in [1.807, 2.05) is 37.3 Å². The molecule has 0 saturated heterocycles. The van der Waals surface area contributed by atoms with Crippen molar-refractivity contribution >= 4 is 22.5 Å². The molecule has 2 aromatic heterocycles. The molecular weight excluding hydrogens is 318 g/mol. The molecule has 128 valence electrons. The molecule has 0 saturated carbocycles. The van der Waals surface area contributed by atoms with E-state index in [1.165, 1.54) is 6.92 Å². The number of aromatic nitrogens is 2. The number of hydrogen-bond donors (Lipinski definition) is 1. The standard InChI is InChI=1S/C19H19N3O3/c1-11-8-16(14-6-5-7-19(22-14)25-4)21-15-10-17(20-12(2)23)18(24-3)9-13(11)15/h5-10H,1-4H3,(H,20,23). The third-order valence-electron chi connectivity index (χ3n) is 3.84. The van der Waals surface area contributed by atoms with Gasteiger partial charge < -0.3 is 14.8 Å². The van der Waals surface area contributed by atoms with Crippen molar-refractivity contribution in [1.29, 1.82) is 0 Å². The number of anilines is 1. The number of aryl methyl sites for hydroxylation is 1. The van der Waals surface area contributed by atoms with E-state index < -0.39 is 0 Å². The molecule has 1 N–H and O–H groups in total. The molecule has 0 bridgehead atoms. The number of nitrogens with one attached hydrogen (secondary N) is 1. The third kappa shape index (κ3) is 3.38. The zero-order valence-corrected chi connectivity index (χ0v) is 14.6. The Morgan fingerprint density at radius 1 is 1.04 bits per heavy atom. The van der Waals surface area contributed by atoms with Gasteiger partial charge in [0.05, 0.1) is 36.8 Å². The zero-order valence-electron chi connectivity index (χ0n) is 14.6. The average Bonchev–Trinajstić information content (AvgIpc) is 2.60. The number of carbonyl (C=O) groups is 1. The van der Waals surface area contributed by atoms with Crippen LogP contribution in [0.15, 0.2) is 36.4 Å². The maximum absolute atomic E-state index is 11.4. The Morgan fingerprint density at radius 2 is 1.84 bits per heavy atom. The van der Waals surface area contributed by atoms with E-state index in [0.29, 0.717) is 17.3 Å². The Labute approximate surface area is 145 Å². The first-order valence-electron chi connectivity index (χ1n) is 7.80. The Kier molecular flexibility index (Phi) is 4.52. The lowest BCUT2D eigenvalue weighted by Gasteiger charge is -2.13. The number of nitrogens with zero attached hydrogens (tertiary/aromatic N) is 2. The number of benzene rings is 1. The van der Waals surface area contributed by atoms with Crippen molar-refractivity contribution in [3.63, 3.8) is 0 Å². The van der Waals surface area contributed by atoms with Crippen molar-refractivity contribution in [1.82, 2.24) is 9.97 Å². The van der Waals surface area contributed by atoms with E-state index >= 15 is 0 Å². The minimum Gasteiger partial charge on any atom is -0.495 e. The second kappa shape index (κ2) is 6.76. The summed E-state index contributed by atoms with van der Waals surface area (Å²) in [6.45, 7) is 3.46. The fraction of sp³-hybridized carbons (Fsp3) is 0.211. The number of methoxy groups -OCH3 is 2. The summed E-state index contributed by atoms with van der Waals surface area (Å²) in [5, 5.41) is 3.73. The number of carbonyl (C=O) groups excluding carboxylic acids is 1. The van der Waals surface area contributed by atoms with Crippen LogP contribution in [-0.4, -0.2) is 30.1 Å². The van der Waals surface area contributed by atoms with Gasteiger partial charge in [-0.05, 0) is 36.8 Å². The first-order valence-corrected chi connectivity index (χ1v) is 7.80. The van der Waals surface area contributed by atoms with Crippen LogP contribution in [0, 0.1) is 6.92 Å². The van der Waals surface area contributed by atoms with Crippen molar-refractivity contribution in [2.24, 2.45) is 0 Å². The van der Waals surface area contributed by atoms with Crippen molar-refractivity contribution in [2.45, 2.75) is 13.8 Å². The summed E-state index contributed by atoms with van der Waals surface area (Å²) in [4.78, 5) is 20.6. The lowest BCUT2D eigenvalue weighted by atomic mass is 10.1. The summed E-state index contributed by atoms with van der Waals surface area (Å²) in [5.74, 6) is 0.963. The second-order valence-corrected chi connectivity index (χ2v) is 5.64. The molecule has 6 nitrogen and oxygen atoms in total. The highest BCUT2D eigenvalue weighted by atomic mass is 16.5. The minimum absolute atomic E-state index is 0.167. The molecule has 1 amide bonds. The normalized spacial score (nSPS) is 10.6. The summed E-state index contributed by atoms with van der Waals surface area (Å²) < 4.78 is 10.6. The largest absolute Gasteiger partial charge is 0.495 e. The van der Waals surface area contributed by atoms with Crippen LogP contribution in [0.2, 0.25) is 0 Å². The quantitative estimate of drug-likeness (QED) is 0.788. The van der Waals surface area contributed by atoms with Gasteiger partial charge in [-0.2, -0.15) is 0 Å². The van der Waals surface area contributed by atoms with E-state index in [2.05, 4.69) is 10.3 Å². The minimum atomic E-state index is -0.167. The van der Waals surface area contributed by atoms with Gasteiger partial charge in [-0.1, -0.05) is 6.07 Å². The smallest absolute Gasteiger partial charge is 0.221 e. The van der Waals surface area contributed by atoms with Gasteiger partial charge in [0.1, 0.15) is 5.75 Å². The fourth-order valence-electron chi connectivity index (χ4n) is 2.68. The van der Waals surface area contributed by atoms with Gasteiger partial charge in [0, 0.05) is 18.4 Å². The predicted molar refractivity (Wildman–Crippen MR) is 97.1 cm³/mol. The van der Waals surface area contributed by atoms with Gasteiger partial charge >= 0.3 is 0 Å². The van der Waals surface area contributed by atoms with Crippen LogP contribution in [0.3, 0.4) is 0 Å². The van der Waals surface area contributed by atoms with E-state index in [1.54, 1.807) is 20.3 Å². The summed E-state index contributed by atoms with van der Waals surface area (Å²) in [7, 11) is 3.15. The van der Waals surface area contributed by atoms with Crippen LogP contribution < -0.4 is 14.8 Å². The van der Waals surface area contributed by atoms with Crippen LogP contribution in [0.1, 0.15) is 12.5 Å². The van der Waals surface area contributed by atoms with Gasteiger partial charge in [0.25, 0.3) is 0 Å². The van der Waals surface area contributed by atoms with E-state index in [-0.39, 0.29) is 5.91 Å². The van der Waals surface area contributed by atoms with Gasteiger partial charge in [-0.25, -0.2) is 9.97 Å². The lowest BCUT2D eigenvalue weighted by Crippen LogP contribution is -2.07. The van der Waals surface area contributed by atoms with Crippen molar-refractivity contribution in [2.75, 3.05) is 19.5 Å². The van der Waals surface area contributed by atoms with Crippen LogP contribution >= 0.6 is 0 Å². The Morgan fingerprint density at radius 3 is 2.52 bits per heavy atom. The molecule has 0 unspecified atom stereocenters. The topological polar surface area (TPSA) is 73.3 Å². The highest BCUT2D eigenvalue weighted by Gasteiger charge is 2.12. The second-order valence-electron chi connectivity index (χ2n) is 5.64. The molecule has 0 aliphatic rings. The molecule has 2 heterocycles. The van der Waals surface area contributed by atoms with Crippen molar-refractivity contribution in [3.05, 3.63) is 42.0 Å². The van der Waals surface area contributed by atoms with Crippen LogP contribution in [-0.2, 0) is 4.79 Å². The molecular formula is C19H19N3O3. The first kappa shape index (κ1) is 16.7. The molecule has 0 spiro atoms. The van der Waals surface area contributed by atoms with Crippen molar-refractivity contribution < 1.29 is 14.3 Å². The van der Waals surface area contributed by atoms with E-state index in [4.69, 9.17) is 14.5 Å². The molecule has 0 aliphatic heterocycles. The summed E-state index contributed by atoms with van der Waals surface area (Å²) in [6, 6.07) is 11.2. The number of ether oxygens (including phenoxy) is 2. The third-order valence-corrected chi connectivity index (χ3v) is 3.84. The van der Waals surface area contributed by atoms with Crippen molar-refractivity contribution in [3.8, 4) is 23.0 Å². The molecule has 0 fully saturated rings. The Hall–Kier alpha value is -3.15. The van der Waals surface area contributed by atoms with E-state index in [9.17, 15) is 4.79 Å². The molecule has 25 heavy (non-hydrogen) atoms. The van der Waals surface area contributed by atoms with Crippen LogP contribution in [0.5, 0.6) is 11.6 Å². The van der Waals surface area contributed by atoms with E-state index in [0.717, 1.165) is 27.9 Å². The van der Waals surface area contributed by atoms with Crippen LogP contribution in [0.4, 0.5) is 5.69 Å². The van der Waals surface area contributed by atoms with Gasteiger partial charge in [-0.15, -0.1) is 0 Å². The number of hydrogen-bond acceptors (Lipinski definition) is 5. The molecule has 3 rings (SSSR count). The fourth-order valence-corrected chi connectivity index (χ4v) is 2.68. The number of rotatable bonds is 4. The summed E-state index contributed by atoms with van der Waals surface area (Å²) in [5.41, 5.74) is 3.84. The van der Waals surface area contributed by atoms with Gasteiger partial charge in [0.2, 0.25) is 11.8 Å². The van der Waals surface area contributed by atoms with Crippen LogP contribution in [0.25, 0.3) is 22.3 Å². The predicted octanol–water partition coefficient (Wildman–Crippen LogP) is 3.58. The molecule has 0 aliphatic carbocycles. The summed E-state index contributed by atoms with van der Waals surface area (Å²) in [6.07, 6.45) is 0. The average molecular weight is 337 g/mol. The number of pyridine rings is 2. The molecule has 0 atom stereocenters. The monoisotopic (exact) mass is 337 g/mol. The molecule has 3 aromatic rings. The summed E-state index contributed by atoms with van der Waals surface area (Å²) >= 11 is 0. The highest BCUT2D eigenvalue weighted by Crippen LogP contribution is 2.33. The zero-order chi connectivity index (χ0) is 18.0. The molecule has 6 heteroatoms. The van der Waals surface area contributed by atoms with Gasteiger partial charge in [0.15, 0.2) is 0 Å². The maximum Gasteiger partial charge on any atom is 0.221 e. The van der Waals surface area contributed by atoms with Gasteiger partial charge in [-0.3, -0.25) is 4.79 Å². The Balaban J connectivity index is 2.18. The Bertz CT molecular complexity index is 954. The highest BCUT2D eigenvalue weighted by molar-refractivity contribution is 5.96. The number of amides is 1. The molecule has 1 aromatic carbocycles. The SMILES string of the molecule is COc1cccc(-c2cc(C)c3cc(OC)c(NC(C)=O)cc3n2)n1. The molecule has 0 radical (unpaired) electrons. The first-order chi connectivity index (χ1) is 12.0. The maximum atomic E-state index is 11.4. The lowest BCUT2D eigenvalue weighted by molar-refractivity contribution is -0.114. The number of fused-ring (bicyclic) bond motifs is 1.